The fourth-order valence-corrected chi connectivity index (χ4v) is 273. The van der Waals surface area contributed by atoms with E-state index in [0.717, 1.165) is 55.6 Å². The normalized spacial score (nSPS) is 10.2. The zero-order valence-corrected chi connectivity index (χ0v) is 147. The van der Waals surface area contributed by atoms with Gasteiger partial charge < -0.3 is 18.6 Å². The van der Waals surface area contributed by atoms with Crippen LogP contribution in [-0.4, -0.2) is 18.3 Å². The number of hydrogen-bond donors (Lipinski definition) is 0. The molecule has 1 saturated heterocycles. The Bertz CT molecular complexity index is 10500. The first-order valence-electron chi connectivity index (χ1n) is 30.8. The summed E-state index contributed by atoms with van der Waals surface area (Å²) in [5.74, 6) is 0. The molecule has 808 valence electrons. The molecule has 0 saturated carbocycles. The second-order valence-electron chi connectivity index (χ2n) is 18.4. The lowest BCUT2D eigenvalue weighted by Crippen LogP contribution is -2.41. The van der Waals surface area contributed by atoms with Crippen molar-refractivity contribution in [2.75, 3.05) is 4.90 Å². The number of hydrogen-bond acceptors (Lipinski definition) is 6. The van der Waals surface area contributed by atoms with Gasteiger partial charge in [0.25, 0.3) is 0 Å². The molecule has 5 aromatic carbocycles. The minimum Gasteiger partial charge on any atom is -0.455 e. The largest absolute Gasteiger partial charge is 0.494 e. The Morgan fingerprint density at radius 1 is 0.190 bits per heavy atom. The van der Waals surface area contributed by atoms with Gasteiger partial charge >= 0.3 is 7.12 Å². The van der Waals surface area contributed by atoms with Gasteiger partial charge in [-0.2, -0.15) is 0 Å². The molecule has 1 aliphatic heterocycles. The smallest absolute Gasteiger partial charge is 0.455 e. The van der Waals surface area contributed by atoms with Crippen LogP contribution in [0.3, 0.4) is 0 Å². The molecular formula is C36H32BNO3S101. The number of anilines is 3. The highest BCUT2D eigenvalue weighted by Gasteiger charge is 2.51. The van der Waals surface area contributed by atoms with E-state index in [-0.39, 0.29) is 18.3 Å². The van der Waals surface area contributed by atoms with Gasteiger partial charge in [-0.25, -0.2) is 0 Å². The summed E-state index contributed by atoms with van der Waals surface area (Å²) < 4.78 is 18.9. The van der Waals surface area contributed by atoms with Crippen LogP contribution in [0.4, 0.5) is 17.1 Å². The van der Waals surface area contributed by atoms with E-state index in [1.807, 2.05) is 773 Å². The molecule has 4 nitrogen and oxygen atoms in total. The number of rotatable bonds is 5. The van der Waals surface area contributed by atoms with Crippen molar-refractivity contribution in [3.8, 4) is 11.1 Å². The van der Waals surface area contributed by atoms with Gasteiger partial charge in [0.15, 0.2) is 0 Å². The van der Waals surface area contributed by atoms with Crippen LogP contribution in [0.2, 0.25) is 0 Å². The van der Waals surface area contributed by atoms with Gasteiger partial charge in [0.2, 0.25) is 0 Å². The second-order valence-corrected chi connectivity index (χ2v) is 194. The molecule has 2 heterocycles. The third-order valence-corrected chi connectivity index (χ3v) is 229. The summed E-state index contributed by atoms with van der Waals surface area (Å²) in [4.78, 5) is 2.26. The van der Waals surface area contributed by atoms with Crippen molar-refractivity contribution in [1.82, 2.24) is 0 Å². The second kappa shape index (κ2) is 112. The molecule has 7 rings (SSSR count). The molecule has 1 aliphatic rings. The van der Waals surface area contributed by atoms with Crippen molar-refractivity contribution in [3.05, 3.63) is 121 Å². The van der Waals surface area contributed by atoms with Crippen molar-refractivity contribution in [3.63, 3.8) is 0 Å². The molecule has 0 amide bonds. The van der Waals surface area contributed by atoms with Gasteiger partial charge in [0, 0.05) is 935 Å². The van der Waals surface area contributed by atoms with Crippen LogP contribution < -0.4 is 10.4 Å². The van der Waals surface area contributed by atoms with Crippen molar-refractivity contribution >= 4 is 953 Å². The topological polar surface area (TPSA) is 34.8 Å². The summed E-state index contributed by atoms with van der Waals surface area (Å²) in [6, 6.07) is 42.2. The monoisotopic (exact) mass is 3770 g/mol. The summed E-state index contributed by atoms with van der Waals surface area (Å²) in [6.07, 6.45) is 0. The fourth-order valence-electron chi connectivity index (χ4n) is 6.65. The van der Waals surface area contributed by atoms with Gasteiger partial charge in [-0.15, -0.1) is 0 Å². The number of furan rings is 1. The highest BCUT2D eigenvalue weighted by molar-refractivity contribution is 8.87. The molecule has 0 spiro atoms. The molecule has 142 heavy (non-hydrogen) atoms. The first-order valence-corrected chi connectivity index (χ1v) is 164. The highest BCUT2D eigenvalue weighted by Crippen LogP contribution is 2.40. The summed E-state index contributed by atoms with van der Waals surface area (Å²) in [5, 5.41) is 2.27. The van der Waals surface area contributed by atoms with Crippen molar-refractivity contribution < 1.29 is 13.7 Å². The molecule has 0 unspecified atom stereocenters. The Morgan fingerprint density at radius 2 is 0.373 bits per heavy atom. The first-order chi connectivity index (χ1) is 70.2. The van der Waals surface area contributed by atoms with Gasteiger partial charge in [-0.05, 0) is 81.2 Å². The SMILES string of the molecule is CC1(C)OB(c2ccc(N(c3ccccc3)c3ccc(-c4cccc5c4oc4ccccc45)cc3)cc2)OC1(C)C.S=S=S=S=S=S=S=S=S=S=S=S=S=S=S=S=S=S=S=S=S=S=S=S=S=S=S=S=S=S=S=S=S=S=S=S=S=S=S=S=S=S=S=S=S=S=S=S=S=S=S=S=S=S=S=S=S=S=S=S=S=S=S=S=S=S=S=S=S=S=S=S=S=S=S=S=S=S=S=S=S=S=S=S=S=S=S=S=S=S=S=S=S=S=S=S=S=S=S=S=S. The Hall–Kier alpha value is 17.9. The van der Waals surface area contributed by atoms with Gasteiger partial charge in [0.1, 0.15) is 11.2 Å². The summed E-state index contributed by atoms with van der Waals surface area (Å²) in [7, 11) is 179. The third-order valence-electron chi connectivity index (χ3n) is 11.3. The van der Waals surface area contributed by atoms with E-state index in [1.54, 1.807) is 107 Å². The minimum atomic E-state index is -0.389. The predicted molar refractivity (Wildman–Crippen MR) is 913 cm³/mol. The Morgan fingerprint density at radius 3 is 0.592 bits per heavy atom. The predicted octanol–water partition coefficient (Wildman–Crippen LogP) is 8.78. The van der Waals surface area contributed by atoms with E-state index in [9.17, 15) is 0 Å². The van der Waals surface area contributed by atoms with Crippen LogP contribution in [-0.2, 0) is 911 Å². The number of fused-ring (bicyclic) bond motifs is 3. The van der Waals surface area contributed by atoms with Crippen molar-refractivity contribution in [2.45, 2.75) is 38.9 Å². The fraction of sp³-hybridized carbons (Fsp3) is 0.167. The van der Waals surface area contributed by atoms with E-state index < -0.39 is 0 Å². The van der Waals surface area contributed by atoms with Crippen LogP contribution in [0.15, 0.2) is 126 Å². The van der Waals surface area contributed by atoms with Crippen LogP contribution >= 0.6 is 0 Å². The molecule has 106 heteroatoms. The number of para-hydroxylation sites is 3. The van der Waals surface area contributed by atoms with Crippen LogP contribution in [0, 0.1) is 0 Å². The maximum atomic E-state index is 6.30. The quantitative estimate of drug-likeness (QED) is 0.161. The molecule has 0 radical (unpaired) electrons. The van der Waals surface area contributed by atoms with E-state index >= 15 is 0 Å². The molecule has 0 N–H and O–H groups in total. The van der Waals surface area contributed by atoms with E-state index in [0.29, 0.717) is 0 Å². The van der Waals surface area contributed by atoms with Crippen LogP contribution in [0.5, 0.6) is 0 Å². The average molecular weight is 3780 g/mol. The van der Waals surface area contributed by atoms with Crippen LogP contribution in [0.1, 0.15) is 27.7 Å². The molecule has 6 aromatic rings. The van der Waals surface area contributed by atoms with E-state index in [2.05, 4.69) is 136 Å². The number of nitrogens with zero attached hydrogens (tertiary/aromatic N) is 1. The molecule has 1 aromatic heterocycles. The number of benzene rings is 5. The maximum absolute atomic E-state index is 6.30. The zero-order valence-electron chi connectivity index (χ0n) is 65.0. The highest BCUT2D eigenvalue weighted by atomic mass is 33.6. The van der Waals surface area contributed by atoms with Crippen molar-refractivity contribution in [1.29, 1.82) is 0 Å². The lowest BCUT2D eigenvalue weighted by atomic mass is 9.79. The van der Waals surface area contributed by atoms with Crippen molar-refractivity contribution in [2.24, 2.45) is 0 Å². The van der Waals surface area contributed by atoms with E-state index in [4.69, 9.17) is 36.1 Å². The van der Waals surface area contributed by atoms with Crippen LogP contribution in [0.25, 0.3) is 33.1 Å². The summed E-state index contributed by atoms with van der Waals surface area (Å²) in [5.41, 5.74) is 7.50. The maximum Gasteiger partial charge on any atom is 0.494 e. The van der Waals surface area contributed by atoms with Gasteiger partial charge in [0.05, 0.1) is 11.2 Å². The molecule has 0 aliphatic carbocycles. The van der Waals surface area contributed by atoms with Gasteiger partial charge in [-0.3, -0.25) is 0 Å². The Kier molecular flexibility index (Phi) is 117. The first kappa shape index (κ1) is 148. The lowest BCUT2D eigenvalue weighted by Gasteiger charge is -2.32. The molecule has 0 bridgehead atoms. The average Bonchev–Trinajstić information content (AvgIpc) is 1.62. The molecule has 1 fully saturated rings. The summed E-state index contributed by atoms with van der Waals surface area (Å²) in [6.45, 7) is 8.32. The molecular weight excluding hydrogens is 3740 g/mol. The zero-order chi connectivity index (χ0) is 100. The standard InChI is InChI=1S/C36H32BNO3.S101/c1-35(2)36(3,4)41-37(40-35)26-19-23-29(24-20-26)38(27-11-6-5-7-12-27)28-21-17-25(18-22-28)30-14-10-15-32-31-13-8-9-16-33(31)39-34(30)32;1-3-5-7-9-11-13-15-17-19-21-23-25-27-29-31-33-35-37-39-41-43-45-47-49-51-53-55-57-59-61-63-65-67-69-71-73-75-77-79-81-83-85-87-89-91-93-95-97-99-101-100-98-96-94-92-90-88-86-84-82-80-78-76-74-72-70-68-66-64-62-60-58-56-54-52-50-48-46-44-42-40-38-36-34-32-30-28-26-24-22-20-18-16-14-12-10-8-6-4-2/h5-24H,1-4H3;. The van der Waals surface area contributed by atoms with Gasteiger partial charge in [-0.1, -0.05) is 78.9 Å². The Balaban J connectivity index is 0.000000610. The minimum absolute atomic E-state index is 0.374. The lowest BCUT2D eigenvalue weighted by molar-refractivity contribution is 0.00578. The van der Waals surface area contributed by atoms with E-state index in [1.165, 1.54) is 17.8 Å². The Labute approximate surface area is 1110 Å². The molecule has 0 atom stereocenters. The summed E-state index contributed by atoms with van der Waals surface area (Å²) >= 11 is 9.66. The third kappa shape index (κ3) is 83.4.